The third kappa shape index (κ3) is 3.21. The monoisotopic (exact) mass is 340 g/mol. The minimum atomic E-state index is 0.146. The van der Waals surface area contributed by atoms with Crippen molar-refractivity contribution in [3.8, 4) is 0 Å². The molecular weight excluding hydrogens is 316 g/mol. The highest BCUT2D eigenvalue weighted by Crippen LogP contribution is 2.44. The summed E-state index contributed by atoms with van der Waals surface area (Å²) in [4.78, 5) is 6.92. The molecule has 24 heavy (non-hydrogen) atoms. The van der Waals surface area contributed by atoms with Crippen LogP contribution in [0.15, 0.2) is 41.4 Å². The average molecular weight is 341 g/mol. The van der Waals surface area contributed by atoms with Crippen LogP contribution in [0.1, 0.15) is 49.8 Å². The van der Waals surface area contributed by atoms with Crippen molar-refractivity contribution in [1.29, 1.82) is 0 Å². The van der Waals surface area contributed by atoms with Gasteiger partial charge in [-0.1, -0.05) is 36.2 Å². The maximum Gasteiger partial charge on any atom is 0.0630 e. The van der Waals surface area contributed by atoms with Crippen LogP contribution in [0.5, 0.6) is 0 Å². The lowest BCUT2D eigenvalue weighted by Crippen LogP contribution is -2.45. The highest BCUT2D eigenvalue weighted by Gasteiger charge is 2.34. The van der Waals surface area contributed by atoms with Crippen LogP contribution >= 0.6 is 11.6 Å². The Hall–Kier alpha value is -1.80. The van der Waals surface area contributed by atoms with Crippen molar-refractivity contribution in [2.45, 2.75) is 45.6 Å². The van der Waals surface area contributed by atoms with Crippen LogP contribution in [-0.2, 0) is 0 Å². The number of rotatable bonds is 2. The molecule has 0 spiro atoms. The van der Waals surface area contributed by atoms with Gasteiger partial charge in [-0.05, 0) is 62.9 Å². The van der Waals surface area contributed by atoms with Crippen molar-refractivity contribution in [2.75, 3.05) is 11.9 Å². The van der Waals surface area contributed by atoms with Gasteiger partial charge in [-0.3, -0.25) is 4.99 Å². The van der Waals surface area contributed by atoms with E-state index in [9.17, 15) is 0 Å². The van der Waals surface area contributed by atoms with Crippen molar-refractivity contribution in [1.82, 2.24) is 0 Å². The molecule has 0 N–H and O–H groups in total. The van der Waals surface area contributed by atoms with Crippen molar-refractivity contribution in [3.05, 3.63) is 58.1 Å². The Morgan fingerprint density at radius 2 is 1.88 bits per heavy atom. The predicted octanol–water partition coefficient (Wildman–Crippen LogP) is 6.12. The highest BCUT2D eigenvalue weighted by molar-refractivity contribution is 6.33. The number of halogens is 1. The molecule has 1 aliphatic heterocycles. The third-order valence-corrected chi connectivity index (χ3v) is 5.47. The van der Waals surface area contributed by atoms with Crippen molar-refractivity contribution in [3.63, 3.8) is 0 Å². The predicted molar refractivity (Wildman–Crippen MR) is 105 cm³/mol. The number of fused-ring (bicyclic) bond motifs is 1. The van der Waals surface area contributed by atoms with E-state index in [1.807, 2.05) is 18.3 Å². The first-order chi connectivity index (χ1) is 11.3. The lowest BCUT2D eigenvalue weighted by Gasteiger charge is -2.45. The van der Waals surface area contributed by atoms with Gasteiger partial charge in [0.2, 0.25) is 0 Å². The van der Waals surface area contributed by atoms with Gasteiger partial charge in [-0.15, -0.1) is 0 Å². The van der Waals surface area contributed by atoms with Crippen LogP contribution in [-0.4, -0.2) is 18.8 Å². The summed E-state index contributed by atoms with van der Waals surface area (Å²) in [5.41, 5.74) is 5.90. The van der Waals surface area contributed by atoms with Crippen molar-refractivity contribution < 1.29 is 0 Å². The van der Waals surface area contributed by atoms with Gasteiger partial charge in [0.15, 0.2) is 0 Å². The number of benzene rings is 2. The summed E-state index contributed by atoms with van der Waals surface area (Å²) >= 11 is 6.54. The van der Waals surface area contributed by atoms with Gasteiger partial charge in [0.25, 0.3) is 0 Å². The first kappa shape index (κ1) is 17.0. The molecule has 2 aromatic rings. The number of hydrogen-bond donors (Lipinski definition) is 0. The number of anilines is 1. The number of aliphatic imine (C=N–C) groups is 1. The first-order valence-electron chi connectivity index (χ1n) is 8.46. The quantitative estimate of drug-likeness (QED) is 0.601. The first-order valence-corrected chi connectivity index (χ1v) is 8.84. The molecule has 0 radical (unpaired) electrons. The molecule has 2 aromatic carbocycles. The molecule has 1 aliphatic rings. The second-order valence-corrected chi connectivity index (χ2v) is 7.91. The SMILES string of the molecule is Cc1ccc(N=Cc2cc3c(cc2Cl)N(C)C(C)(C)CC3C)cc1. The average Bonchev–Trinajstić information content (AvgIpc) is 2.52. The van der Waals surface area contributed by atoms with Crippen LogP contribution in [0, 0.1) is 6.92 Å². The molecule has 0 amide bonds. The molecule has 0 aromatic heterocycles. The maximum atomic E-state index is 6.54. The maximum absolute atomic E-state index is 6.54. The molecule has 3 heteroatoms. The second-order valence-electron chi connectivity index (χ2n) is 7.50. The largest absolute Gasteiger partial charge is 0.369 e. The number of aryl methyl sites for hydroxylation is 1. The fourth-order valence-corrected chi connectivity index (χ4v) is 3.69. The van der Waals surface area contributed by atoms with Crippen LogP contribution in [0.3, 0.4) is 0 Å². The Morgan fingerprint density at radius 1 is 1.21 bits per heavy atom. The topological polar surface area (TPSA) is 15.6 Å². The number of nitrogens with zero attached hydrogens (tertiary/aromatic N) is 2. The summed E-state index contributed by atoms with van der Waals surface area (Å²) in [5, 5.41) is 0.751. The van der Waals surface area contributed by atoms with Crippen LogP contribution in [0.4, 0.5) is 11.4 Å². The van der Waals surface area contributed by atoms with E-state index in [1.54, 1.807) is 0 Å². The summed E-state index contributed by atoms with van der Waals surface area (Å²) in [5.74, 6) is 0.509. The van der Waals surface area contributed by atoms with Gasteiger partial charge in [-0.25, -0.2) is 0 Å². The minimum absolute atomic E-state index is 0.146. The Balaban J connectivity index is 1.97. The summed E-state index contributed by atoms with van der Waals surface area (Å²) in [6.07, 6.45) is 3.01. The third-order valence-electron chi connectivity index (χ3n) is 5.14. The summed E-state index contributed by atoms with van der Waals surface area (Å²) in [7, 11) is 2.15. The fraction of sp³-hybridized carbons (Fsp3) is 0.381. The molecule has 3 rings (SSSR count). The highest BCUT2D eigenvalue weighted by atomic mass is 35.5. The van der Waals surface area contributed by atoms with Crippen LogP contribution < -0.4 is 4.90 Å². The zero-order chi connectivity index (χ0) is 17.5. The molecule has 1 heterocycles. The standard InChI is InChI=1S/C21H25ClN2/c1-14-6-8-17(9-7-14)23-13-16-10-18-15(2)12-21(3,4)24(5)20(18)11-19(16)22/h6-11,13,15H,12H2,1-5H3. The molecule has 0 saturated carbocycles. The van der Waals surface area contributed by atoms with E-state index in [1.165, 1.54) is 16.8 Å². The number of hydrogen-bond acceptors (Lipinski definition) is 2. The Labute approximate surface area is 150 Å². The minimum Gasteiger partial charge on any atom is -0.369 e. The lowest BCUT2D eigenvalue weighted by molar-refractivity contribution is 0.395. The van der Waals surface area contributed by atoms with E-state index in [4.69, 9.17) is 11.6 Å². The summed E-state index contributed by atoms with van der Waals surface area (Å²) in [6.45, 7) is 8.94. The van der Waals surface area contributed by atoms with E-state index in [0.717, 1.165) is 22.7 Å². The van der Waals surface area contributed by atoms with E-state index < -0.39 is 0 Å². The van der Waals surface area contributed by atoms with E-state index >= 15 is 0 Å². The molecule has 0 fully saturated rings. The Kier molecular flexibility index (Phi) is 4.44. The van der Waals surface area contributed by atoms with Gasteiger partial charge in [0.05, 0.1) is 10.7 Å². The summed E-state index contributed by atoms with van der Waals surface area (Å²) < 4.78 is 0. The molecule has 126 valence electrons. The Bertz CT molecular complexity index is 775. The van der Waals surface area contributed by atoms with E-state index in [0.29, 0.717) is 5.92 Å². The van der Waals surface area contributed by atoms with Crippen LogP contribution in [0.25, 0.3) is 0 Å². The molecule has 1 unspecified atom stereocenters. The van der Waals surface area contributed by atoms with Gasteiger partial charge < -0.3 is 4.90 Å². The molecule has 0 bridgehead atoms. The smallest absolute Gasteiger partial charge is 0.0630 e. The lowest BCUT2D eigenvalue weighted by atomic mass is 9.80. The van der Waals surface area contributed by atoms with E-state index in [-0.39, 0.29) is 5.54 Å². The Morgan fingerprint density at radius 3 is 2.54 bits per heavy atom. The van der Waals surface area contributed by atoms with Crippen molar-refractivity contribution >= 4 is 29.2 Å². The zero-order valence-electron chi connectivity index (χ0n) is 15.1. The van der Waals surface area contributed by atoms with Gasteiger partial charge in [0.1, 0.15) is 0 Å². The van der Waals surface area contributed by atoms with Crippen molar-refractivity contribution in [2.24, 2.45) is 4.99 Å². The fourth-order valence-electron chi connectivity index (χ4n) is 3.48. The summed E-state index contributed by atoms with van der Waals surface area (Å²) in [6, 6.07) is 12.5. The molecule has 0 aliphatic carbocycles. The second kappa shape index (κ2) is 6.25. The van der Waals surface area contributed by atoms with E-state index in [2.05, 4.69) is 68.9 Å². The van der Waals surface area contributed by atoms with Crippen LogP contribution in [0.2, 0.25) is 5.02 Å². The molecule has 2 nitrogen and oxygen atoms in total. The normalized spacial score (nSPS) is 19.6. The zero-order valence-corrected chi connectivity index (χ0v) is 15.9. The van der Waals surface area contributed by atoms with Gasteiger partial charge in [0, 0.05) is 30.1 Å². The molecule has 0 saturated heterocycles. The molecule has 1 atom stereocenters. The molecular formula is C21H25ClN2. The van der Waals surface area contributed by atoms with Gasteiger partial charge in [-0.2, -0.15) is 0 Å². The van der Waals surface area contributed by atoms with Gasteiger partial charge >= 0.3 is 0 Å².